The summed E-state index contributed by atoms with van der Waals surface area (Å²) in [5, 5.41) is 0. The van der Waals surface area contributed by atoms with Gasteiger partial charge in [-0.05, 0) is 11.6 Å². The fraction of sp³-hybridized carbons (Fsp3) is 0.0769. The lowest BCUT2D eigenvalue weighted by atomic mass is 10.0. The Balaban J connectivity index is 2.45. The molecule has 0 radical (unpaired) electrons. The van der Waals surface area contributed by atoms with Crippen LogP contribution in [0.4, 0.5) is 22.0 Å². The number of hydrogen-bond acceptors (Lipinski definition) is 2. The van der Waals surface area contributed by atoms with Gasteiger partial charge in [0.05, 0.1) is 5.56 Å². The van der Waals surface area contributed by atoms with E-state index in [1.165, 1.54) is 24.5 Å². The van der Waals surface area contributed by atoms with Crippen LogP contribution < -0.4 is 0 Å². The lowest BCUT2D eigenvalue weighted by molar-refractivity contribution is 0.0981. The summed E-state index contributed by atoms with van der Waals surface area (Å²) in [5.41, 5.74) is -1.15. The van der Waals surface area contributed by atoms with E-state index in [4.69, 9.17) is 0 Å². The van der Waals surface area contributed by atoms with Crippen LogP contribution >= 0.6 is 0 Å². The van der Waals surface area contributed by atoms with Crippen molar-refractivity contribution in [2.24, 2.45) is 0 Å². The molecule has 0 aliphatic carbocycles. The number of rotatable bonds is 3. The lowest BCUT2D eigenvalue weighted by Crippen LogP contribution is -2.14. The number of ketones is 1. The number of pyridine rings is 1. The Bertz CT molecular complexity index is 643. The summed E-state index contributed by atoms with van der Waals surface area (Å²) < 4.78 is 65.6. The van der Waals surface area contributed by atoms with E-state index in [0.29, 0.717) is 5.56 Å². The standard InChI is InChI=1S/C13H6F5NO/c14-9-8(10(15)12(17)13(18)11(9)16)7(20)4-6-2-1-3-19-5-6/h1-3,5H,4H2. The van der Waals surface area contributed by atoms with Crippen LogP contribution in [0.15, 0.2) is 24.5 Å². The van der Waals surface area contributed by atoms with Gasteiger partial charge in [-0.3, -0.25) is 9.78 Å². The maximum atomic E-state index is 13.4. The Hall–Kier alpha value is -2.31. The van der Waals surface area contributed by atoms with E-state index in [9.17, 15) is 26.7 Å². The number of carbonyl (C=O) groups excluding carboxylic acids is 1. The zero-order valence-corrected chi connectivity index (χ0v) is 9.76. The minimum atomic E-state index is -2.29. The number of aromatic nitrogens is 1. The summed E-state index contributed by atoms with van der Waals surface area (Å²) in [6, 6.07) is 2.91. The third-order valence-electron chi connectivity index (χ3n) is 2.58. The maximum absolute atomic E-state index is 13.4. The van der Waals surface area contributed by atoms with Gasteiger partial charge in [0.1, 0.15) is 0 Å². The maximum Gasteiger partial charge on any atom is 0.200 e. The second-order valence-corrected chi connectivity index (χ2v) is 3.91. The molecule has 2 aromatic rings. The average Bonchev–Trinajstić information content (AvgIpc) is 2.44. The van der Waals surface area contributed by atoms with Crippen molar-refractivity contribution in [3.8, 4) is 0 Å². The highest BCUT2D eigenvalue weighted by atomic mass is 19.2. The second kappa shape index (κ2) is 5.36. The van der Waals surface area contributed by atoms with Crippen molar-refractivity contribution in [1.29, 1.82) is 0 Å². The largest absolute Gasteiger partial charge is 0.294 e. The monoisotopic (exact) mass is 287 g/mol. The topological polar surface area (TPSA) is 30.0 Å². The second-order valence-electron chi connectivity index (χ2n) is 3.91. The van der Waals surface area contributed by atoms with E-state index in [0.717, 1.165) is 0 Å². The van der Waals surface area contributed by atoms with E-state index in [1.807, 2.05) is 0 Å². The molecule has 2 rings (SSSR count). The summed E-state index contributed by atoms with van der Waals surface area (Å²) in [4.78, 5) is 15.4. The van der Waals surface area contributed by atoms with E-state index in [2.05, 4.69) is 4.98 Å². The molecular formula is C13H6F5NO. The van der Waals surface area contributed by atoms with Crippen molar-refractivity contribution in [3.05, 3.63) is 64.7 Å². The van der Waals surface area contributed by atoms with Crippen LogP contribution in [0.5, 0.6) is 0 Å². The summed E-state index contributed by atoms with van der Waals surface area (Å²) in [6.45, 7) is 0. The first kappa shape index (κ1) is 14.1. The SMILES string of the molecule is O=C(Cc1cccnc1)c1c(F)c(F)c(F)c(F)c1F. The van der Waals surface area contributed by atoms with Crippen molar-refractivity contribution in [3.63, 3.8) is 0 Å². The summed E-state index contributed by atoms with van der Waals surface area (Å²) >= 11 is 0. The molecule has 0 fully saturated rings. The van der Waals surface area contributed by atoms with Crippen molar-refractivity contribution in [2.45, 2.75) is 6.42 Å². The van der Waals surface area contributed by atoms with Gasteiger partial charge in [-0.1, -0.05) is 6.07 Å². The zero-order chi connectivity index (χ0) is 14.9. The number of Topliss-reactive ketones (excluding diaryl/α,β-unsaturated/α-hetero) is 1. The summed E-state index contributed by atoms with van der Waals surface area (Å²) in [6.07, 6.45) is 2.14. The molecular weight excluding hydrogens is 281 g/mol. The predicted molar refractivity (Wildman–Crippen MR) is 58.5 cm³/mol. The van der Waals surface area contributed by atoms with Gasteiger partial charge in [0.15, 0.2) is 29.1 Å². The number of hydrogen-bond donors (Lipinski definition) is 0. The van der Waals surface area contributed by atoms with Crippen molar-refractivity contribution >= 4 is 5.78 Å². The van der Waals surface area contributed by atoms with Crippen LogP contribution in [-0.2, 0) is 6.42 Å². The number of benzene rings is 1. The van der Waals surface area contributed by atoms with Gasteiger partial charge >= 0.3 is 0 Å². The molecule has 0 saturated heterocycles. The molecule has 104 valence electrons. The van der Waals surface area contributed by atoms with Crippen LogP contribution in [-0.4, -0.2) is 10.8 Å². The van der Waals surface area contributed by atoms with Gasteiger partial charge in [-0.25, -0.2) is 22.0 Å². The molecule has 0 aliphatic heterocycles. The lowest BCUT2D eigenvalue weighted by Gasteiger charge is -2.07. The molecule has 0 saturated carbocycles. The zero-order valence-electron chi connectivity index (χ0n) is 9.76. The summed E-state index contributed by atoms with van der Waals surface area (Å²) in [5.74, 6) is -12.0. The number of halogens is 5. The molecule has 1 heterocycles. The summed E-state index contributed by atoms with van der Waals surface area (Å²) in [7, 11) is 0. The van der Waals surface area contributed by atoms with Gasteiger partial charge < -0.3 is 0 Å². The number of nitrogens with zero attached hydrogens (tertiary/aromatic N) is 1. The molecule has 1 aromatic heterocycles. The van der Waals surface area contributed by atoms with E-state index in [-0.39, 0.29) is 0 Å². The molecule has 2 nitrogen and oxygen atoms in total. The minimum Gasteiger partial charge on any atom is -0.294 e. The Morgan fingerprint density at radius 1 is 0.950 bits per heavy atom. The van der Waals surface area contributed by atoms with E-state index < -0.39 is 46.9 Å². The molecule has 0 aliphatic rings. The molecule has 7 heteroatoms. The normalized spacial score (nSPS) is 10.7. The van der Waals surface area contributed by atoms with Gasteiger partial charge in [0, 0.05) is 18.8 Å². The van der Waals surface area contributed by atoms with Gasteiger partial charge in [0.25, 0.3) is 0 Å². The molecule has 0 atom stereocenters. The minimum absolute atomic E-state index is 0.293. The van der Waals surface area contributed by atoms with Crippen LogP contribution in [0.3, 0.4) is 0 Å². The Labute approximate surface area is 109 Å². The molecule has 0 spiro atoms. The average molecular weight is 287 g/mol. The Morgan fingerprint density at radius 2 is 1.50 bits per heavy atom. The fourth-order valence-corrected chi connectivity index (χ4v) is 1.63. The van der Waals surface area contributed by atoms with E-state index in [1.54, 1.807) is 0 Å². The highest BCUT2D eigenvalue weighted by molar-refractivity contribution is 5.98. The molecule has 20 heavy (non-hydrogen) atoms. The van der Waals surface area contributed by atoms with Gasteiger partial charge in [0.2, 0.25) is 5.82 Å². The quantitative estimate of drug-likeness (QED) is 0.375. The molecule has 0 bridgehead atoms. The van der Waals surface area contributed by atoms with E-state index >= 15 is 0 Å². The first-order valence-corrected chi connectivity index (χ1v) is 5.37. The Morgan fingerprint density at radius 3 is 2.00 bits per heavy atom. The molecule has 1 aromatic carbocycles. The third kappa shape index (κ3) is 2.38. The predicted octanol–water partition coefficient (Wildman–Crippen LogP) is 3.20. The van der Waals surface area contributed by atoms with Crippen LogP contribution in [0.25, 0.3) is 0 Å². The van der Waals surface area contributed by atoms with Crippen molar-refractivity contribution in [1.82, 2.24) is 4.98 Å². The highest BCUT2D eigenvalue weighted by Gasteiger charge is 2.29. The first-order valence-electron chi connectivity index (χ1n) is 5.37. The third-order valence-corrected chi connectivity index (χ3v) is 2.58. The number of carbonyl (C=O) groups is 1. The van der Waals surface area contributed by atoms with Crippen molar-refractivity contribution < 1.29 is 26.7 Å². The van der Waals surface area contributed by atoms with Crippen molar-refractivity contribution in [2.75, 3.05) is 0 Å². The van der Waals surface area contributed by atoms with Gasteiger partial charge in [-0.15, -0.1) is 0 Å². The first-order chi connectivity index (χ1) is 9.43. The van der Waals surface area contributed by atoms with Crippen LogP contribution in [0.1, 0.15) is 15.9 Å². The van der Waals surface area contributed by atoms with Gasteiger partial charge in [-0.2, -0.15) is 0 Å². The van der Waals surface area contributed by atoms with Crippen LogP contribution in [0.2, 0.25) is 0 Å². The fourth-order valence-electron chi connectivity index (χ4n) is 1.63. The molecule has 0 unspecified atom stereocenters. The highest BCUT2D eigenvalue weighted by Crippen LogP contribution is 2.24. The molecule has 0 amide bonds. The smallest absolute Gasteiger partial charge is 0.200 e. The molecule has 0 N–H and O–H groups in total. The van der Waals surface area contributed by atoms with Crippen LogP contribution in [0, 0.1) is 29.1 Å². The Kier molecular flexibility index (Phi) is 3.78.